The molecule has 0 amide bonds. The highest BCUT2D eigenvalue weighted by Gasteiger charge is 2.20. The van der Waals surface area contributed by atoms with Crippen LogP contribution in [0.15, 0.2) is 42.5 Å². The Balaban J connectivity index is 0.00000108. The maximum Gasteiger partial charge on any atom is 0.0443 e. The summed E-state index contributed by atoms with van der Waals surface area (Å²) >= 11 is 0. The van der Waals surface area contributed by atoms with Crippen LogP contribution in [0.4, 0.5) is 5.69 Å². The molecule has 3 rings (SSSR count). The van der Waals surface area contributed by atoms with Gasteiger partial charge in [-0.15, -0.1) is 12.4 Å². The lowest BCUT2D eigenvalue weighted by Crippen LogP contribution is -2.09. The molecule has 0 heterocycles. The van der Waals surface area contributed by atoms with Gasteiger partial charge in [0, 0.05) is 25.3 Å². The third kappa shape index (κ3) is 1.81. The molecule has 17 heavy (non-hydrogen) atoms. The summed E-state index contributed by atoms with van der Waals surface area (Å²) in [4.78, 5) is 2.20. The van der Waals surface area contributed by atoms with Crippen molar-refractivity contribution >= 4 is 18.1 Å². The fourth-order valence-electron chi connectivity index (χ4n) is 2.54. The molecule has 2 aromatic rings. The average molecular weight is 246 g/mol. The van der Waals surface area contributed by atoms with E-state index < -0.39 is 0 Å². The number of rotatable bonds is 1. The van der Waals surface area contributed by atoms with E-state index in [2.05, 4.69) is 61.5 Å². The first kappa shape index (κ1) is 12.0. The van der Waals surface area contributed by atoms with Crippen molar-refractivity contribution in [2.24, 2.45) is 0 Å². The summed E-state index contributed by atoms with van der Waals surface area (Å²) in [5.41, 5.74) is 7.05. The molecule has 0 fully saturated rings. The van der Waals surface area contributed by atoms with Gasteiger partial charge in [-0.25, -0.2) is 0 Å². The molecule has 0 saturated carbocycles. The lowest BCUT2D eigenvalue weighted by atomic mass is 10.0. The van der Waals surface area contributed by atoms with Gasteiger partial charge in [0.05, 0.1) is 0 Å². The lowest BCUT2D eigenvalue weighted by molar-refractivity contribution is 1.13. The smallest absolute Gasteiger partial charge is 0.0443 e. The number of halogens is 1. The van der Waals surface area contributed by atoms with Gasteiger partial charge in [-0.05, 0) is 29.2 Å². The van der Waals surface area contributed by atoms with Crippen molar-refractivity contribution in [2.75, 3.05) is 19.0 Å². The molecule has 0 saturated heterocycles. The van der Waals surface area contributed by atoms with Crippen LogP contribution in [0.3, 0.4) is 0 Å². The second-order valence-electron chi connectivity index (χ2n) is 4.54. The summed E-state index contributed by atoms with van der Waals surface area (Å²) < 4.78 is 0. The topological polar surface area (TPSA) is 3.24 Å². The average Bonchev–Trinajstić information content (AvgIpc) is 2.66. The molecule has 88 valence electrons. The first-order valence-corrected chi connectivity index (χ1v) is 5.65. The number of nitrogens with zero attached hydrogens (tertiary/aromatic N) is 1. The second-order valence-corrected chi connectivity index (χ2v) is 4.54. The number of anilines is 1. The zero-order valence-electron chi connectivity index (χ0n) is 10.1. The minimum atomic E-state index is 0. The Morgan fingerprint density at radius 2 is 1.59 bits per heavy atom. The predicted octanol–water partition coefficient (Wildman–Crippen LogP) is 3.75. The van der Waals surface area contributed by atoms with Crippen LogP contribution in [0.1, 0.15) is 11.1 Å². The Hall–Kier alpha value is -1.47. The van der Waals surface area contributed by atoms with Gasteiger partial charge in [0.15, 0.2) is 0 Å². The van der Waals surface area contributed by atoms with Gasteiger partial charge < -0.3 is 4.90 Å². The molecule has 0 aromatic heterocycles. The van der Waals surface area contributed by atoms with Crippen molar-refractivity contribution in [3.05, 3.63) is 53.6 Å². The van der Waals surface area contributed by atoms with Gasteiger partial charge in [0.25, 0.3) is 0 Å². The molecule has 0 radical (unpaired) electrons. The molecule has 0 atom stereocenters. The molecule has 0 unspecified atom stereocenters. The highest BCUT2D eigenvalue weighted by molar-refractivity contribution is 5.87. The molecular formula is C15H16ClN. The Kier molecular flexibility index (Phi) is 3.12. The van der Waals surface area contributed by atoms with E-state index in [1.807, 2.05) is 0 Å². The quantitative estimate of drug-likeness (QED) is 0.631. The van der Waals surface area contributed by atoms with Crippen LogP contribution in [-0.2, 0) is 6.42 Å². The number of hydrogen-bond acceptors (Lipinski definition) is 1. The van der Waals surface area contributed by atoms with E-state index in [4.69, 9.17) is 0 Å². The van der Waals surface area contributed by atoms with Gasteiger partial charge in [0.2, 0.25) is 0 Å². The monoisotopic (exact) mass is 245 g/mol. The van der Waals surface area contributed by atoms with Crippen LogP contribution in [-0.4, -0.2) is 14.1 Å². The van der Waals surface area contributed by atoms with Crippen molar-refractivity contribution in [3.63, 3.8) is 0 Å². The van der Waals surface area contributed by atoms with E-state index in [0.29, 0.717) is 0 Å². The highest BCUT2D eigenvalue weighted by atomic mass is 35.5. The van der Waals surface area contributed by atoms with E-state index in [1.54, 1.807) is 0 Å². The normalized spacial score (nSPS) is 11.4. The molecule has 2 aromatic carbocycles. The summed E-state index contributed by atoms with van der Waals surface area (Å²) in [5.74, 6) is 0. The fourth-order valence-corrected chi connectivity index (χ4v) is 2.54. The first-order valence-electron chi connectivity index (χ1n) is 5.65. The molecule has 1 nitrogen and oxygen atoms in total. The van der Waals surface area contributed by atoms with E-state index in [9.17, 15) is 0 Å². The van der Waals surface area contributed by atoms with Gasteiger partial charge in [-0.1, -0.05) is 36.4 Å². The van der Waals surface area contributed by atoms with Crippen molar-refractivity contribution < 1.29 is 0 Å². The molecule has 0 bridgehead atoms. The van der Waals surface area contributed by atoms with Gasteiger partial charge in [-0.3, -0.25) is 0 Å². The SMILES string of the molecule is CN(C)c1cccc2c1-c1ccccc1C2.Cl. The molecule has 2 heteroatoms. The van der Waals surface area contributed by atoms with Crippen LogP contribution in [0.5, 0.6) is 0 Å². The maximum absolute atomic E-state index is 2.24. The zero-order chi connectivity index (χ0) is 11.1. The summed E-state index contributed by atoms with van der Waals surface area (Å²) in [7, 11) is 4.22. The predicted molar refractivity (Wildman–Crippen MR) is 76.3 cm³/mol. The molecule has 0 spiro atoms. The van der Waals surface area contributed by atoms with E-state index in [-0.39, 0.29) is 12.4 Å². The first-order chi connectivity index (χ1) is 7.77. The third-order valence-corrected chi connectivity index (χ3v) is 3.28. The summed E-state index contributed by atoms with van der Waals surface area (Å²) in [6.07, 6.45) is 1.08. The molecular weight excluding hydrogens is 230 g/mol. The summed E-state index contributed by atoms with van der Waals surface area (Å²) in [6, 6.07) is 15.3. The molecule has 1 aliphatic carbocycles. The van der Waals surface area contributed by atoms with Crippen molar-refractivity contribution in [2.45, 2.75) is 6.42 Å². The van der Waals surface area contributed by atoms with Gasteiger partial charge in [-0.2, -0.15) is 0 Å². The van der Waals surface area contributed by atoms with E-state index in [0.717, 1.165) is 6.42 Å². The standard InChI is InChI=1S/C15H15N.ClH/c1-16(2)14-9-5-7-12-10-11-6-3-4-8-13(11)15(12)14;/h3-9H,10H2,1-2H3;1H. The van der Waals surface area contributed by atoms with Crippen molar-refractivity contribution in [1.29, 1.82) is 0 Å². The van der Waals surface area contributed by atoms with Gasteiger partial charge >= 0.3 is 0 Å². The number of hydrogen-bond donors (Lipinski definition) is 0. The van der Waals surface area contributed by atoms with Crippen LogP contribution in [0.25, 0.3) is 11.1 Å². The van der Waals surface area contributed by atoms with Crippen molar-refractivity contribution in [3.8, 4) is 11.1 Å². The Labute approximate surface area is 108 Å². The van der Waals surface area contributed by atoms with Crippen molar-refractivity contribution in [1.82, 2.24) is 0 Å². The Bertz CT molecular complexity index is 546. The Morgan fingerprint density at radius 1 is 0.882 bits per heavy atom. The van der Waals surface area contributed by atoms with Crippen LogP contribution >= 0.6 is 12.4 Å². The van der Waals surface area contributed by atoms with Crippen LogP contribution < -0.4 is 4.90 Å². The fraction of sp³-hybridized carbons (Fsp3) is 0.200. The molecule has 1 aliphatic rings. The number of fused-ring (bicyclic) bond motifs is 3. The number of benzene rings is 2. The summed E-state index contributed by atoms with van der Waals surface area (Å²) in [5, 5.41) is 0. The van der Waals surface area contributed by atoms with E-state index in [1.165, 1.54) is 27.9 Å². The minimum absolute atomic E-state index is 0. The maximum atomic E-state index is 2.24. The van der Waals surface area contributed by atoms with E-state index >= 15 is 0 Å². The molecule has 0 N–H and O–H groups in total. The minimum Gasteiger partial charge on any atom is -0.377 e. The highest BCUT2D eigenvalue weighted by Crippen LogP contribution is 2.41. The Morgan fingerprint density at radius 3 is 2.35 bits per heavy atom. The van der Waals surface area contributed by atoms with Crippen LogP contribution in [0.2, 0.25) is 0 Å². The molecule has 0 aliphatic heterocycles. The zero-order valence-corrected chi connectivity index (χ0v) is 10.9. The van der Waals surface area contributed by atoms with Crippen LogP contribution in [0, 0.1) is 0 Å². The third-order valence-electron chi connectivity index (χ3n) is 3.28. The summed E-state index contributed by atoms with van der Waals surface area (Å²) in [6.45, 7) is 0. The van der Waals surface area contributed by atoms with Gasteiger partial charge in [0.1, 0.15) is 0 Å². The largest absolute Gasteiger partial charge is 0.377 e. The second kappa shape index (κ2) is 4.42. The lowest BCUT2D eigenvalue weighted by Gasteiger charge is -2.17.